The minimum atomic E-state index is -5.07. The summed E-state index contributed by atoms with van der Waals surface area (Å²) in [5.74, 6) is -4.14. The maximum Gasteiger partial charge on any atom is 0.434 e. The lowest BCUT2D eigenvalue weighted by Crippen LogP contribution is -2.28. The first-order valence-corrected chi connectivity index (χ1v) is 7.35. The molecule has 8 nitrogen and oxygen atoms in total. The van der Waals surface area contributed by atoms with E-state index in [1.165, 1.54) is 0 Å². The van der Waals surface area contributed by atoms with Gasteiger partial charge in [0.1, 0.15) is 11.2 Å². The van der Waals surface area contributed by atoms with Crippen LogP contribution in [-0.4, -0.2) is 37.5 Å². The Balaban J connectivity index is 2.47. The standard InChI is InChI=1S/C15H14F4N4O4/c1-14(2,3)27-13(26)22-11-8(16)4-5-9(21-11)23-10(15(17,18)19)7(6-20-23)12(24)25/h4-6H,1-3H3,(H,24,25)(H,21,22,26). The second-order valence-corrected chi connectivity index (χ2v) is 6.25. The van der Waals surface area contributed by atoms with Gasteiger partial charge in [-0.15, -0.1) is 0 Å². The van der Waals surface area contributed by atoms with Crippen LogP contribution in [0, 0.1) is 5.82 Å². The van der Waals surface area contributed by atoms with Gasteiger partial charge in [0.25, 0.3) is 0 Å². The predicted molar refractivity (Wildman–Crippen MR) is 83.1 cm³/mol. The molecule has 0 unspecified atom stereocenters. The number of carboxylic acid groups (broad SMARTS) is 1. The third-order valence-corrected chi connectivity index (χ3v) is 2.94. The molecule has 146 valence electrons. The van der Waals surface area contributed by atoms with Crippen LogP contribution in [0.3, 0.4) is 0 Å². The van der Waals surface area contributed by atoms with Gasteiger partial charge < -0.3 is 9.84 Å². The van der Waals surface area contributed by atoms with E-state index in [1.54, 1.807) is 20.8 Å². The first-order chi connectivity index (χ1) is 12.3. The minimum Gasteiger partial charge on any atom is -0.478 e. The van der Waals surface area contributed by atoms with Crippen LogP contribution in [0.4, 0.5) is 28.2 Å². The molecule has 0 aromatic carbocycles. The molecule has 0 atom stereocenters. The average Bonchev–Trinajstić information content (AvgIpc) is 2.92. The lowest BCUT2D eigenvalue weighted by Gasteiger charge is -2.19. The number of rotatable bonds is 3. The van der Waals surface area contributed by atoms with Gasteiger partial charge in [0, 0.05) is 0 Å². The van der Waals surface area contributed by atoms with Crippen LogP contribution in [-0.2, 0) is 10.9 Å². The maximum absolute atomic E-state index is 13.9. The van der Waals surface area contributed by atoms with Crippen LogP contribution in [0.15, 0.2) is 18.3 Å². The molecule has 0 saturated carbocycles. The quantitative estimate of drug-likeness (QED) is 0.778. The number of pyridine rings is 1. The van der Waals surface area contributed by atoms with E-state index < -0.39 is 52.6 Å². The largest absolute Gasteiger partial charge is 0.478 e. The van der Waals surface area contributed by atoms with Crippen molar-refractivity contribution >= 4 is 17.9 Å². The number of aromatic nitrogens is 3. The van der Waals surface area contributed by atoms with Crippen LogP contribution in [0.25, 0.3) is 5.82 Å². The summed E-state index contributed by atoms with van der Waals surface area (Å²) >= 11 is 0. The number of nitrogens with zero attached hydrogens (tertiary/aromatic N) is 3. The maximum atomic E-state index is 13.9. The molecule has 12 heteroatoms. The van der Waals surface area contributed by atoms with Gasteiger partial charge in [0.15, 0.2) is 23.1 Å². The Bertz CT molecular complexity index is 887. The molecule has 0 aliphatic rings. The normalized spacial score (nSPS) is 12.0. The highest BCUT2D eigenvalue weighted by molar-refractivity contribution is 5.89. The molecule has 0 bridgehead atoms. The number of amides is 1. The van der Waals surface area contributed by atoms with E-state index >= 15 is 0 Å². The minimum absolute atomic E-state index is 0.198. The van der Waals surface area contributed by atoms with Crippen molar-refractivity contribution in [2.45, 2.75) is 32.5 Å². The van der Waals surface area contributed by atoms with Gasteiger partial charge in [-0.3, -0.25) is 5.32 Å². The monoisotopic (exact) mass is 390 g/mol. The fourth-order valence-electron chi connectivity index (χ4n) is 1.99. The highest BCUT2D eigenvalue weighted by Gasteiger charge is 2.41. The summed E-state index contributed by atoms with van der Waals surface area (Å²) in [5.41, 5.74) is -3.60. The lowest BCUT2D eigenvalue weighted by atomic mass is 10.2. The van der Waals surface area contributed by atoms with E-state index in [9.17, 15) is 27.2 Å². The van der Waals surface area contributed by atoms with Crippen LogP contribution >= 0.6 is 0 Å². The van der Waals surface area contributed by atoms with Gasteiger partial charge in [-0.25, -0.2) is 23.6 Å². The molecule has 0 radical (unpaired) electrons. The van der Waals surface area contributed by atoms with E-state index in [2.05, 4.69) is 10.1 Å². The Hall–Kier alpha value is -3.18. The van der Waals surface area contributed by atoms with Crippen molar-refractivity contribution in [3.8, 4) is 5.82 Å². The number of ether oxygens (including phenoxy) is 1. The fourth-order valence-corrected chi connectivity index (χ4v) is 1.99. The zero-order valence-corrected chi connectivity index (χ0v) is 14.3. The zero-order chi connectivity index (χ0) is 20.6. The van der Waals surface area contributed by atoms with Gasteiger partial charge >= 0.3 is 18.2 Å². The Kier molecular flexibility index (Phi) is 5.11. The van der Waals surface area contributed by atoms with Gasteiger partial charge in [-0.1, -0.05) is 0 Å². The second-order valence-electron chi connectivity index (χ2n) is 6.25. The molecule has 2 heterocycles. The lowest BCUT2D eigenvalue weighted by molar-refractivity contribution is -0.143. The van der Waals surface area contributed by atoms with Crippen molar-refractivity contribution in [3.05, 3.63) is 35.4 Å². The number of carbonyl (C=O) groups excluding carboxylic acids is 1. The first-order valence-electron chi connectivity index (χ1n) is 7.35. The van der Waals surface area contributed by atoms with Crippen molar-refractivity contribution in [1.82, 2.24) is 14.8 Å². The molecule has 0 aliphatic carbocycles. The molecule has 27 heavy (non-hydrogen) atoms. The molecule has 2 aromatic heterocycles. The molecule has 1 amide bonds. The Morgan fingerprint density at radius 1 is 1.22 bits per heavy atom. The summed E-state index contributed by atoms with van der Waals surface area (Å²) in [7, 11) is 0. The zero-order valence-electron chi connectivity index (χ0n) is 14.3. The van der Waals surface area contributed by atoms with E-state index in [0.29, 0.717) is 6.20 Å². The summed E-state index contributed by atoms with van der Waals surface area (Å²) in [6, 6.07) is 1.60. The molecule has 2 aromatic rings. The van der Waals surface area contributed by atoms with Crippen LogP contribution in [0.5, 0.6) is 0 Å². The molecule has 2 N–H and O–H groups in total. The van der Waals surface area contributed by atoms with E-state index in [4.69, 9.17) is 9.84 Å². The molecule has 0 fully saturated rings. The van der Waals surface area contributed by atoms with Gasteiger partial charge in [-0.05, 0) is 32.9 Å². The summed E-state index contributed by atoms with van der Waals surface area (Å²) in [4.78, 5) is 26.3. The summed E-state index contributed by atoms with van der Waals surface area (Å²) < 4.78 is 58.7. The van der Waals surface area contributed by atoms with Crippen molar-refractivity contribution < 1.29 is 37.0 Å². The highest BCUT2D eigenvalue weighted by Crippen LogP contribution is 2.33. The van der Waals surface area contributed by atoms with Crippen molar-refractivity contribution in [2.24, 2.45) is 0 Å². The summed E-state index contributed by atoms with van der Waals surface area (Å²) in [6.45, 7) is 4.67. The number of carboxylic acids is 1. The van der Waals surface area contributed by atoms with E-state index in [0.717, 1.165) is 12.1 Å². The number of anilines is 1. The average molecular weight is 390 g/mol. The van der Waals surface area contributed by atoms with Gasteiger partial charge in [0.2, 0.25) is 0 Å². The predicted octanol–water partition coefficient (Wildman–Crippen LogP) is 3.47. The summed E-state index contributed by atoms with van der Waals surface area (Å²) in [6.07, 6.45) is -5.65. The SMILES string of the molecule is CC(C)(C)OC(=O)Nc1nc(-n2ncc(C(=O)O)c2C(F)(F)F)ccc1F. The smallest absolute Gasteiger partial charge is 0.434 e. The Morgan fingerprint density at radius 2 is 1.85 bits per heavy atom. The molecule has 2 rings (SSSR count). The molecule has 0 saturated heterocycles. The molecule has 0 aliphatic heterocycles. The van der Waals surface area contributed by atoms with Crippen LogP contribution < -0.4 is 5.32 Å². The number of halogens is 4. The van der Waals surface area contributed by atoms with Crippen LogP contribution in [0.1, 0.15) is 36.8 Å². The second kappa shape index (κ2) is 6.85. The number of carbonyl (C=O) groups is 2. The number of alkyl halides is 3. The third-order valence-electron chi connectivity index (χ3n) is 2.94. The van der Waals surface area contributed by atoms with Crippen molar-refractivity contribution in [1.29, 1.82) is 0 Å². The molecular weight excluding hydrogens is 376 g/mol. The fraction of sp³-hybridized carbons (Fsp3) is 0.333. The van der Waals surface area contributed by atoms with Gasteiger partial charge in [-0.2, -0.15) is 18.3 Å². The van der Waals surface area contributed by atoms with Crippen molar-refractivity contribution in [3.63, 3.8) is 0 Å². The topological polar surface area (TPSA) is 106 Å². The van der Waals surface area contributed by atoms with Gasteiger partial charge in [0.05, 0.1) is 6.20 Å². The molecular formula is C15H14F4N4O4. The number of hydrogen-bond donors (Lipinski definition) is 2. The van der Waals surface area contributed by atoms with Crippen LogP contribution in [0.2, 0.25) is 0 Å². The van der Waals surface area contributed by atoms with Crippen molar-refractivity contribution in [2.75, 3.05) is 5.32 Å². The highest BCUT2D eigenvalue weighted by atomic mass is 19.4. The number of nitrogens with one attached hydrogen (secondary N) is 1. The Morgan fingerprint density at radius 3 is 2.37 bits per heavy atom. The number of aromatic carboxylic acids is 1. The number of hydrogen-bond acceptors (Lipinski definition) is 5. The third kappa shape index (κ3) is 4.71. The molecule has 0 spiro atoms. The first kappa shape index (κ1) is 20.1. The Labute approximate surface area is 149 Å². The summed E-state index contributed by atoms with van der Waals surface area (Å²) in [5, 5.41) is 14.3. The van der Waals surface area contributed by atoms with E-state index in [1.807, 2.05) is 5.32 Å². The van der Waals surface area contributed by atoms with E-state index in [-0.39, 0.29) is 4.68 Å².